The van der Waals surface area contributed by atoms with Gasteiger partial charge in [0.2, 0.25) is 0 Å². The van der Waals surface area contributed by atoms with Gasteiger partial charge in [0.15, 0.2) is 0 Å². The maximum Gasteiger partial charge on any atom is 3.00 e. The molecule has 3 heterocycles. The summed E-state index contributed by atoms with van der Waals surface area (Å²) < 4.78 is 0. The van der Waals surface area contributed by atoms with E-state index in [1.807, 2.05) is 57.2 Å². The average molecular weight is 529 g/mol. The molecule has 0 amide bonds. The molecule has 0 aliphatic carbocycles. The molecule has 3 aromatic carbocycles. The van der Waals surface area contributed by atoms with Crippen molar-refractivity contribution < 1.29 is 15.3 Å². The summed E-state index contributed by atoms with van der Waals surface area (Å²) in [5.74, 6) is -0.0106. The third-order valence-electron chi connectivity index (χ3n) is 5.86. The van der Waals surface area contributed by atoms with E-state index in [4.69, 9.17) is 0 Å². The number of aryl methyl sites for hydroxylation is 3. The first-order valence-corrected chi connectivity index (χ1v) is 11.4. The molecule has 0 atom stereocenters. The van der Waals surface area contributed by atoms with Crippen LogP contribution >= 0.6 is 0 Å². The van der Waals surface area contributed by atoms with Crippen molar-refractivity contribution >= 4 is 67.4 Å². The van der Waals surface area contributed by atoms with E-state index in [2.05, 4.69) is 15.0 Å². The molecule has 0 unspecified atom stereocenters. The predicted octanol–water partition coefficient (Wildman–Crippen LogP) is 4.09. The van der Waals surface area contributed by atoms with Gasteiger partial charge in [-0.05, 0) is 55.7 Å². The number of benzene rings is 3. The van der Waals surface area contributed by atoms with Crippen molar-refractivity contribution in [2.24, 2.45) is 0 Å². The van der Waals surface area contributed by atoms with Gasteiger partial charge in [0.25, 0.3) is 0 Å². The van der Waals surface area contributed by atoms with Crippen molar-refractivity contribution in [1.29, 1.82) is 0 Å². The second kappa shape index (κ2) is 13.8. The second-order valence-electron chi connectivity index (χ2n) is 8.34. The van der Waals surface area contributed by atoms with Crippen LogP contribution in [-0.4, -0.2) is 49.7 Å². The van der Waals surface area contributed by atoms with Gasteiger partial charge in [-0.15, -0.1) is 0 Å². The van der Waals surface area contributed by atoms with Crippen LogP contribution in [-0.2, 0) is 0 Å². The summed E-state index contributed by atoms with van der Waals surface area (Å²) in [5, 5.41) is 36.7. The number of nitrogens with zero attached hydrogens (tertiary/aromatic N) is 3. The van der Waals surface area contributed by atoms with Gasteiger partial charge >= 0.3 is 34.7 Å². The number of para-hydroxylation sites is 3. The molecule has 0 radical (unpaired) electrons. The van der Waals surface area contributed by atoms with E-state index < -0.39 is 0 Å². The molecule has 0 aliphatic heterocycles. The van der Waals surface area contributed by atoms with E-state index >= 15 is 0 Å². The number of pyridine rings is 3. The molecule has 38 heavy (non-hydrogen) atoms. The van der Waals surface area contributed by atoms with Gasteiger partial charge in [-0.2, -0.15) is 0 Å². The fourth-order valence-corrected chi connectivity index (χ4v) is 3.86. The average Bonchev–Trinajstić information content (AvgIpc) is 2.87. The van der Waals surface area contributed by atoms with Crippen molar-refractivity contribution in [3.63, 3.8) is 0 Å². The van der Waals surface area contributed by atoms with Gasteiger partial charge in [0.05, 0.1) is 16.6 Å². The Morgan fingerprint density at radius 1 is 0.421 bits per heavy atom. The first-order chi connectivity index (χ1) is 17.4. The van der Waals surface area contributed by atoms with Gasteiger partial charge in [0, 0.05) is 34.7 Å². The van der Waals surface area contributed by atoms with Crippen LogP contribution in [0.3, 0.4) is 0 Å². The minimum atomic E-state index is -0.00352. The van der Waals surface area contributed by atoms with Crippen LogP contribution < -0.4 is 15.3 Å². The molecule has 0 spiro atoms. The SMILES string of the molecule is Cc1ccnc2c([O-])cccc12.Cc1ccnc2c([O-])cccc12.Cc1ccnc2c([O-])cccc12.[Al+3].[Al+3]. The van der Waals surface area contributed by atoms with E-state index in [9.17, 15) is 15.3 Å². The Balaban J connectivity index is 0.000000195. The van der Waals surface area contributed by atoms with Crippen LogP contribution in [0.25, 0.3) is 32.7 Å². The van der Waals surface area contributed by atoms with Crippen LogP contribution in [0.1, 0.15) is 16.7 Å². The predicted molar refractivity (Wildman–Crippen MR) is 149 cm³/mol. The molecular weight excluding hydrogens is 504 g/mol. The Morgan fingerprint density at radius 2 is 0.684 bits per heavy atom. The summed E-state index contributed by atoms with van der Waals surface area (Å²) in [5.41, 5.74) is 4.99. The summed E-state index contributed by atoms with van der Waals surface area (Å²) in [7, 11) is 0. The second-order valence-corrected chi connectivity index (χ2v) is 8.34. The summed E-state index contributed by atoms with van der Waals surface area (Å²) in [6.45, 7) is 5.93. The van der Waals surface area contributed by atoms with Crippen molar-refractivity contribution in [3.05, 3.63) is 108 Å². The van der Waals surface area contributed by atoms with Crippen molar-refractivity contribution in [3.8, 4) is 17.2 Å². The van der Waals surface area contributed by atoms with E-state index in [1.165, 1.54) is 18.2 Å². The van der Waals surface area contributed by atoms with Crippen LogP contribution in [0.2, 0.25) is 0 Å². The standard InChI is InChI=1S/3C10H9NO.2Al/c3*1-7-5-6-11-10-8(7)3-2-4-9(10)12;;/h3*2-6,12H,1H3;;/q;;;2*+3/p-3. The van der Waals surface area contributed by atoms with E-state index in [-0.39, 0.29) is 52.0 Å². The maximum absolute atomic E-state index is 11.3. The Labute approximate surface area is 242 Å². The zero-order chi connectivity index (χ0) is 25.7. The molecule has 6 rings (SSSR count). The first kappa shape index (κ1) is 30.6. The van der Waals surface area contributed by atoms with Gasteiger partial charge in [0.1, 0.15) is 0 Å². The quantitative estimate of drug-likeness (QED) is 0.275. The molecule has 0 bridgehead atoms. The maximum atomic E-state index is 11.3. The topological polar surface area (TPSA) is 108 Å². The van der Waals surface area contributed by atoms with Gasteiger partial charge in [-0.25, -0.2) is 0 Å². The molecule has 0 saturated carbocycles. The molecule has 180 valence electrons. The number of fused-ring (bicyclic) bond motifs is 3. The van der Waals surface area contributed by atoms with Crippen LogP contribution in [0.15, 0.2) is 91.4 Å². The first-order valence-electron chi connectivity index (χ1n) is 11.4. The van der Waals surface area contributed by atoms with Crippen molar-refractivity contribution in [2.75, 3.05) is 0 Å². The van der Waals surface area contributed by atoms with Crippen LogP contribution in [0.4, 0.5) is 0 Å². The number of aromatic nitrogens is 3. The zero-order valence-corrected chi connectivity index (χ0v) is 23.7. The third-order valence-corrected chi connectivity index (χ3v) is 5.86. The molecule has 6 aromatic rings. The molecule has 0 fully saturated rings. The van der Waals surface area contributed by atoms with Gasteiger partial charge < -0.3 is 15.3 Å². The smallest absolute Gasteiger partial charge is 0.871 e. The zero-order valence-electron chi connectivity index (χ0n) is 21.4. The third kappa shape index (κ3) is 6.81. The summed E-state index contributed by atoms with van der Waals surface area (Å²) in [6, 6.07) is 21.4. The largest absolute Gasteiger partial charge is 3.00 e. The molecule has 6 nitrogen and oxygen atoms in total. The molecule has 8 heteroatoms. The molecular formula is C30H24Al2N3O3+3. The molecule has 0 N–H and O–H groups in total. The monoisotopic (exact) mass is 528 g/mol. The van der Waals surface area contributed by atoms with Gasteiger partial charge in [-0.1, -0.05) is 71.8 Å². The minimum Gasteiger partial charge on any atom is -0.871 e. The summed E-state index contributed by atoms with van der Waals surface area (Å²) in [6.07, 6.45) is 5.00. The molecule has 3 aromatic heterocycles. The van der Waals surface area contributed by atoms with Gasteiger partial charge in [-0.3, -0.25) is 15.0 Å². The van der Waals surface area contributed by atoms with E-state index in [0.717, 1.165) is 32.8 Å². The van der Waals surface area contributed by atoms with E-state index in [1.54, 1.807) is 36.8 Å². The fourth-order valence-electron chi connectivity index (χ4n) is 3.86. The minimum absolute atomic E-state index is 0. The summed E-state index contributed by atoms with van der Waals surface area (Å²) in [4.78, 5) is 12.1. The van der Waals surface area contributed by atoms with Crippen molar-refractivity contribution in [1.82, 2.24) is 15.0 Å². The Bertz CT molecular complexity index is 1350. The Morgan fingerprint density at radius 3 is 0.921 bits per heavy atom. The Hall–Kier alpha value is -3.65. The van der Waals surface area contributed by atoms with Crippen LogP contribution in [0, 0.1) is 20.8 Å². The Kier molecular flexibility index (Phi) is 11.1. The number of rotatable bonds is 0. The normalized spacial score (nSPS) is 9.87. The van der Waals surface area contributed by atoms with Crippen molar-refractivity contribution in [2.45, 2.75) is 20.8 Å². The van der Waals surface area contributed by atoms with Crippen LogP contribution in [0.5, 0.6) is 17.2 Å². The molecule has 0 saturated heterocycles. The van der Waals surface area contributed by atoms with E-state index in [0.29, 0.717) is 16.6 Å². The fraction of sp³-hybridized carbons (Fsp3) is 0.100. The molecule has 0 aliphatic rings. The summed E-state index contributed by atoms with van der Waals surface area (Å²) >= 11 is 0. The number of hydrogen-bond donors (Lipinski definition) is 0. The number of hydrogen-bond acceptors (Lipinski definition) is 6.